The zero-order valence-corrected chi connectivity index (χ0v) is 14.4. The molecular formula is C24H17NO. The SMILES string of the molecule is COc1ccc(-c2cc(-c3ccc(C#N)cc3)c3ccccc3c2)cc1. The van der Waals surface area contributed by atoms with Gasteiger partial charge in [-0.15, -0.1) is 0 Å². The van der Waals surface area contributed by atoms with Gasteiger partial charge in [-0.2, -0.15) is 5.26 Å². The first kappa shape index (κ1) is 15.9. The van der Waals surface area contributed by atoms with Gasteiger partial charge in [-0.25, -0.2) is 0 Å². The van der Waals surface area contributed by atoms with E-state index >= 15 is 0 Å². The minimum atomic E-state index is 0.671. The van der Waals surface area contributed by atoms with Crippen LogP contribution >= 0.6 is 0 Å². The Kier molecular flexibility index (Phi) is 4.13. The van der Waals surface area contributed by atoms with Crippen molar-refractivity contribution in [3.63, 3.8) is 0 Å². The summed E-state index contributed by atoms with van der Waals surface area (Å²) in [5, 5.41) is 11.4. The standard InChI is InChI=1S/C24H17NO/c1-26-22-12-10-18(11-13-22)21-14-20-4-2-3-5-23(20)24(15-21)19-8-6-17(16-25)7-9-19/h2-15H,1H3. The van der Waals surface area contributed by atoms with Crippen molar-refractivity contribution in [2.24, 2.45) is 0 Å². The molecule has 0 N–H and O–H groups in total. The van der Waals surface area contributed by atoms with Gasteiger partial charge < -0.3 is 4.74 Å². The molecule has 0 amide bonds. The van der Waals surface area contributed by atoms with Crippen molar-refractivity contribution >= 4 is 10.8 Å². The van der Waals surface area contributed by atoms with Crippen LogP contribution in [-0.4, -0.2) is 7.11 Å². The summed E-state index contributed by atoms with van der Waals surface area (Å²) in [5.41, 5.74) is 5.25. The van der Waals surface area contributed by atoms with Gasteiger partial charge in [-0.1, -0.05) is 48.5 Å². The van der Waals surface area contributed by atoms with Crippen molar-refractivity contribution in [1.82, 2.24) is 0 Å². The molecule has 0 fully saturated rings. The highest BCUT2D eigenvalue weighted by atomic mass is 16.5. The van der Waals surface area contributed by atoms with Crippen LogP contribution in [0.2, 0.25) is 0 Å². The molecule has 0 unspecified atom stereocenters. The molecule has 0 spiro atoms. The van der Waals surface area contributed by atoms with Gasteiger partial charge in [0.2, 0.25) is 0 Å². The maximum absolute atomic E-state index is 9.05. The number of hydrogen-bond acceptors (Lipinski definition) is 2. The lowest BCUT2D eigenvalue weighted by atomic mass is 9.93. The molecule has 0 aromatic heterocycles. The van der Waals surface area contributed by atoms with Crippen LogP contribution in [0.5, 0.6) is 5.75 Å². The number of rotatable bonds is 3. The fourth-order valence-corrected chi connectivity index (χ4v) is 3.22. The van der Waals surface area contributed by atoms with E-state index in [1.807, 2.05) is 36.4 Å². The third-order valence-corrected chi connectivity index (χ3v) is 4.61. The van der Waals surface area contributed by atoms with E-state index in [-0.39, 0.29) is 0 Å². The van der Waals surface area contributed by atoms with Gasteiger partial charge in [0.05, 0.1) is 18.7 Å². The smallest absolute Gasteiger partial charge is 0.118 e. The minimum absolute atomic E-state index is 0.671. The fraction of sp³-hybridized carbons (Fsp3) is 0.0417. The van der Waals surface area contributed by atoms with Crippen LogP contribution in [0.1, 0.15) is 5.56 Å². The molecule has 0 bridgehead atoms. The molecule has 0 saturated carbocycles. The molecular weight excluding hydrogens is 318 g/mol. The maximum atomic E-state index is 9.05. The monoisotopic (exact) mass is 335 g/mol. The summed E-state index contributed by atoms with van der Waals surface area (Å²) in [4.78, 5) is 0. The number of hydrogen-bond donors (Lipinski definition) is 0. The molecule has 0 saturated heterocycles. The summed E-state index contributed by atoms with van der Waals surface area (Å²) in [5.74, 6) is 0.849. The minimum Gasteiger partial charge on any atom is -0.497 e. The number of benzene rings is 4. The average Bonchev–Trinajstić information content (AvgIpc) is 2.73. The number of methoxy groups -OCH3 is 1. The van der Waals surface area contributed by atoms with Crippen molar-refractivity contribution < 1.29 is 4.74 Å². The maximum Gasteiger partial charge on any atom is 0.118 e. The molecule has 0 heterocycles. The van der Waals surface area contributed by atoms with Gasteiger partial charge in [0.25, 0.3) is 0 Å². The highest BCUT2D eigenvalue weighted by Gasteiger charge is 2.08. The highest BCUT2D eigenvalue weighted by molar-refractivity contribution is 6.00. The lowest BCUT2D eigenvalue weighted by Crippen LogP contribution is -1.87. The first-order valence-corrected chi connectivity index (χ1v) is 8.46. The van der Waals surface area contributed by atoms with Crippen molar-refractivity contribution in [3.05, 3.63) is 90.5 Å². The first-order valence-electron chi connectivity index (χ1n) is 8.46. The zero-order valence-electron chi connectivity index (χ0n) is 14.4. The average molecular weight is 335 g/mol. The topological polar surface area (TPSA) is 33.0 Å². The molecule has 4 aromatic carbocycles. The largest absolute Gasteiger partial charge is 0.497 e. The summed E-state index contributed by atoms with van der Waals surface area (Å²) in [6.07, 6.45) is 0. The second-order valence-electron chi connectivity index (χ2n) is 6.16. The molecule has 26 heavy (non-hydrogen) atoms. The number of fused-ring (bicyclic) bond motifs is 1. The molecule has 4 rings (SSSR count). The highest BCUT2D eigenvalue weighted by Crippen LogP contribution is 2.34. The van der Waals surface area contributed by atoms with Gasteiger partial charge in [0.1, 0.15) is 5.75 Å². The molecule has 2 heteroatoms. The summed E-state index contributed by atoms with van der Waals surface area (Å²) in [6, 6.07) is 30.9. The van der Waals surface area contributed by atoms with Gasteiger partial charge in [0.15, 0.2) is 0 Å². The molecule has 0 atom stereocenters. The van der Waals surface area contributed by atoms with Crippen LogP contribution in [0.4, 0.5) is 0 Å². The Labute approximate surface area is 152 Å². The molecule has 4 aromatic rings. The second-order valence-corrected chi connectivity index (χ2v) is 6.16. The predicted molar refractivity (Wildman–Crippen MR) is 106 cm³/mol. The lowest BCUT2D eigenvalue weighted by Gasteiger charge is -2.12. The van der Waals surface area contributed by atoms with Gasteiger partial charge >= 0.3 is 0 Å². The van der Waals surface area contributed by atoms with Crippen molar-refractivity contribution in [3.8, 4) is 34.1 Å². The molecule has 0 aliphatic heterocycles. The predicted octanol–water partition coefficient (Wildman–Crippen LogP) is 6.05. The number of ether oxygens (including phenoxy) is 1. The first-order chi connectivity index (χ1) is 12.8. The van der Waals surface area contributed by atoms with E-state index in [1.54, 1.807) is 7.11 Å². The zero-order chi connectivity index (χ0) is 17.9. The van der Waals surface area contributed by atoms with Gasteiger partial charge in [-0.3, -0.25) is 0 Å². The van der Waals surface area contributed by atoms with E-state index < -0.39 is 0 Å². The van der Waals surface area contributed by atoms with Crippen LogP contribution in [0.25, 0.3) is 33.0 Å². The Hall–Kier alpha value is -3.57. The van der Waals surface area contributed by atoms with Crippen LogP contribution < -0.4 is 4.74 Å². The summed E-state index contributed by atoms with van der Waals surface area (Å²) in [6.45, 7) is 0. The van der Waals surface area contributed by atoms with Crippen LogP contribution in [-0.2, 0) is 0 Å². The van der Waals surface area contributed by atoms with E-state index in [1.165, 1.54) is 16.3 Å². The summed E-state index contributed by atoms with van der Waals surface area (Å²) >= 11 is 0. The van der Waals surface area contributed by atoms with E-state index in [0.717, 1.165) is 22.4 Å². The summed E-state index contributed by atoms with van der Waals surface area (Å²) < 4.78 is 5.26. The van der Waals surface area contributed by atoms with Crippen molar-refractivity contribution in [2.75, 3.05) is 7.11 Å². The lowest BCUT2D eigenvalue weighted by molar-refractivity contribution is 0.415. The Balaban J connectivity index is 1.91. The Morgan fingerprint density at radius 1 is 0.731 bits per heavy atom. The van der Waals surface area contributed by atoms with Gasteiger partial charge in [0, 0.05) is 0 Å². The Bertz CT molecular complexity index is 1100. The third-order valence-electron chi connectivity index (χ3n) is 4.61. The summed E-state index contributed by atoms with van der Waals surface area (Å²) in [7, 11) is 1.67. The van der Waals surface area contributed by atoms with Crippen molar-refractivity contribution in [1.29, 1.82) is 5.26 Å². The quantitative estimate of drug-likeness (QED) is 0.456. The molecule has 0 aliphatic rings. The third kappa shape index (κ3) is 2.92. The van der Waals surface area contributed by atoms with E-state index in [0.29, 0.717) is 5.56 Å². The van der Waals surface area contributed by atoms with Crippen LogP contribution in [0.3, 0.4) is 0 Å². The molecule has 124 valence electrons. The van der Waals surface area contributed by atoms with Crippen LogP contribution in [0, 0.1) is 11.3 Å². The Morgan fingerprint density at radius 2 is 1.42 bits per heavy atom. The Morgan fingerprint density at radius 3 is 2.12 bits per heavy atom. The molecule has 2 nitrogen and oxygen atoms in total. The normalized spacial score (nSPS) is 10.5. The fourth-order valence-electron chi connectivity index (χ4n) is 3.22. The number of nitriles is 1. The van der Waals surface area contributed by atoms with Crippen molar-refractivity contribution in [2.45, 2.75) is 0 Å². The number of nitrogens with zero attached hydrogens (tertiary/aromatic N) is 1. The molecule has 0 radical (unpaired) electrons. The van der Waals surface area contributed by atoms with E-state index in [9.17, 15) is 0 Å². The van der Waals surface area contributed by atoms with E-state index in [2.05, 4.69) is 54.6 Å². The second kappa shape index (κ2) is 6.74. The van der Waals surface area contributed by atoms with Crippen LogP contribution in [0.15, 0.2) is 84.9 Å². The molecule has 0 aliphatic carbocycles. The van der Waals surface area contributed by atoms with E-state index in [4.69, 9.17) is 10.00 Å². The van der Waals surface area contributed by atoms with Gasteiger partial charge in [-0.05, 0) is 69.4 Å².